The van der Waals surface area contributed by atoms with Gasteiger partial charge in [-0.1, -0.05) is 58.0 Å². The Hall–Kier alpha value is -1.31. The Morgan fingerprint density at radius 3 is 2.17 bits per heavy atom. The highest BCUT2D eigenvalue weighted by Gasteiger charge is 2.65. The van der Waals surface area contributed by atoms with E-state index in [2.05, 4.69) is 39.8 Å². The van der Waals surface area contributed by atoms with Crippen molar-refractivity contribution in [1.82, 2.24) is 0 Å². The number of rotatable bonds is 4. The second-order valence-electron chi connectivity index (χ2n) is 6.34. The predicted octanol–water partition coefficient (Wildman–Crippen LogP) is 3.78. The fourth-order valence-corrected chi connectivity index (χ4v) is 3.50. The quantitative estimate of drug-likeness (QED) is 0.877. The summed E-state index contributed by atoms with van der Waals surface area (Å²) in [7, 11) is 0. The van der Waals surface area contributed by atoms with E-state index in [-0.39, 0.29) is 17.3 Å². The van der Waals surface area contributed by atoms with Crippen LogP contribution in [-0.2, 0) is 4.79 Å². The molecular weight excluding hydrogens is 224 g/mol. The molecule has 18 heavy (non-hydrogen) atoms. The number of benzene rings is 1. The van der Waals surface area contributed by atoms with E-state index >= 15 is 0 Å². The van der Waals surface area contributed by atoms with Crippen molar-refractivity contribution in [2.75, 3.05) is 0 Å². The van der Waals surface area contributed by atoms with Gasteiger partial charge < -0.3 is 5.11 Å². The molecule has 1 fully saturated rings. The molecule has 0 saturated heterocycles. The molecule has 0 radical (unpaired) electrons. The van der Waals surface area contributed by atoms with Crippen molar-refractivity contribution in [1.29, 1.82) is 0 Å². The van der Waals surface area contributed by atoms with E-state index in [1.807, 2.05) is 18.2 Å². The summed E-state index contributed by atoms with van der Waals surface area (Å²) in [4.78, 5) is 11.3. The molecular formula is C16H22O2. The van der Waals surface area contributed by atoms with Crippen molar-refractivity contribution in [3.8, 4) is 0 Å². The summed E-state index contributed by atoms with van der Waals surface area (Å²) < 4.78 is 0. The molecule has 0 spiro atoms. The highest BCUT2D eigenvalue weighted by molar-refractivity contribution is 5.76. The Bertz CT molecular complexity index is 434. The molecule has 0 aliphatic heterocycles. The Balaban J connectivity index is 2.32. The first kappa shape index (κ1) is 13.1. The summed E-state index contributed by atoms with van der Waals surface area (Å²) in [5, 5.41) is 9.34. The van der Waals surface area contributed by atoms with E-state index in [1.165, 1.54) is 5.56 Å². The first-order valence-electron chi connectivity index (χ1n) is 6.65. The maximum absolute atomic E-state index is 11.3. The average molecular weight is 246 g/mol. The number of hydrogen-bond acceptors (Lipinski definition) is 1. The van der Waals surface area contributed by atoms with Crippen LogP contribution in [0.15, 0.2) is 30.3 Å². The molecule has 1 N–H and O–H groups in total. The molecule has 1 aliphatic carbocycles. The zero-order valence-corrected chi connectivity index (χ0v) is 11.6. The van der Waals surface area contributed by atoms with Crippen LogP contribution in [0.4, 0.5) is 0 Å². The second kappa shape index (κ2) is 4.42. The van der Waals surface area contributed by atoms with Crippen LogP contribution < -0.4 is 0 Å². The van der Waals surface area contributed by atoms with Gasteiger partial charge in [-0.05, 0) is 28.7 Å². The van der Waals surface area contributed by atoms with E-state index in [4.69, 9.17) is 0 Å². The lowest BCUT2D eigenvalue weighted by Gasteiger charge is -2.23. The molecule has 2 rings (SSSR count). The zero-order chi connectivity index (χ0) is 13.5. The molecule has 1 aromatic carbocycles. The van der Waals surface area contributed by atoms with Crippen LogP contribution in [0, 0.1) is 23.2 Å². The molecule has 1 unspecified atom stereocenters. The van der Waals surface area contributed by atoms with Gasteiger partial charge in [0.25, 0.3) is 0 Å². The Labute approximate surface area is 109 Å². The summed E-state index contributed by atoms with van der Waals surface area (Å²) in [5.41, 5.74) is 1.19. The van der Waals surface area contributed by atoms with Crippen LogP contribution in [-0.4, -0.2) is 11.1 Å². The molecule has 0 aromatic heterocycles. The van der Waals surface area contributed by atoms with Gasteiger partial charge in [0, 0.05) is 0 Å². The Morgan fingerprint density at radius 2 is 1.78 bits per heavy atom. The van der Waals surface area contributed by atoms with Gasteiger partial charge in [0.2, 0.25) is 0 Å². The standard InChI is InChI=1S/C16H22O2/c1-10(2)12(11-8-6-5-7-9-11)13-14(15(17)18)16(13,3)4/h5-10,12-14H,1-4H3,(H,17,18)/t12?,13-,14+/m1/s1. The summed E-state index contributed by atoms with van der Waals surface area (Å²) in [5.74, 6) is 0.192. The molecule has 98 valence electrons. The summed E-state index contributed by atoms with van der Waals surface area (Å²) in [6, 6.07) is 10.3. The maximum atomic E-state index is 11.3. The maximum Gasteiger partial charge on any atom is 0.307 e. The largest absolute Gasteiger partial charge is 0.481 e. The van der Waals surface area contributed by atoms with Gasteiger partial charge in [0.05, 0.1) is 5.92 Å². The smallest absolute Gasteiger partial charge is 0.307 e. The van der Waals surface area contributed by atoms with Crippen LogP contribution in [0.25, 0.3) is 0 Å². The highest BCUT2D eigenvalue weighted by Crippen LogP contribution is 2.65. The van der Waals surface area contributed by atoms with Gasteiger partial charge in [-0.25, -0.2) is 0 Å². The molecule has 2 nitrogen and oxygen atoms in total. The average Bonchev–Trinajstić information content (AvgIpc) is 2.83. The van der Waals surface area contributed by atoms with Crippen molar-refractivity contribution in [3.63, 3.8) is 0 Å². The molecule has 1 aromatic rings. The number of hydrogen-bond donors (Lipinski definition) is 1. The minimum atomic E-state index is -0.647. The minimum Gasteiger partial charge on any atom is -0.481 e. The van der Waals surface area contributed by atoms with Gasteiger partial charge in [0.1, 0.15) is 0 Å². The molecule has 3 atom stereocenters. The first-order valence-corrected chi connectivity index (χ1v) is 6.65. The normalized spacial score (nSPS) is 26.9. The number of carboxylic acids is 1. The molecule has 0 heterocycles. The van der Waals surface area contributed by atoms with Crippen LogP contribution in [0.3, 0.4) is 0 Å². The predicted molar refractivity (Wildman–Crippen MR) is 72.4 cm³/mol. The van der Waals surface area contributed by atoms with E-state index in [0.29, 0.717) is 11.8 Å². The van der Waals surface area contributed by atoms with Crippen LogP contribution in [0.5, 0.6) is 0 Å². The third-order valence-electron chi connectivity index (χ3n) is 4.47. The zero-order valence-electron chi connectivity index (χ0n) is 11.6. The third-order valence-corrected chi connectivity index (χ3v) is 4.47. The fourth-order valence-electron chi connectivity index (χ4n) is 3.50. The summed E-state index contributed by atoms with van der Waals surface area (Å²) in [6.07, 6.45) is 0. The molecule has 0 bridgehead atoms. The van der Waals surface area contributed by atoms with E-state index in [9.17, 15) is 9.90 Å². The number of carbonyl (C=O) groups is 1. The first-order chi connectivity index (χ1) is 8.37. The van der Waals surface area contributed by atoms with Crippen LogP contribution in [0.1, 0.15) is 39.2 Å². The van der Waals surface area contributed by atoms with Crippen LogP contribution >= 0.6 is 0 Å². The lowest BCUT2D eigenvalue weighted by molar-refractivity contribution is -0.139. The van der Waals surface area contributed by atoms with E-state index < -0.39 is 5.97 Å². The van der Waals surface area contributed by atoms with Crippen molar-refractivity contribution in [2.45, 2.75) is 33.6 Å². The van der Waals surface area contributed by atoms with Crippen molar-refractivity contribution in [3.05, 3.63) is 35.9 Å². The highest BCUT2D eigenvalue weighted by atomic mass is 16.4. The molecule has 1 saturated carbocycles. The molecule has 2 heteroatoms. The van der Waals surface area contributed by atoms with Gasteiger partial charge in [-0.2, -0.15) is 0 Å². The lowest BCUT2D eigenvalue weighted by atomic mass is 9.81. The topological polar surface area (TPSA) is 37.3 Å². The Kier molecular flexibility index (Phi) is 3.22. The monoisotopic (exact) mass is 246 g/mol. The van der Waals surface area contributed by atoms with Gasteiger partial charge >= 0.3 is 5.97 Å². The third kappa shape index (κ3) is 2.05. The van der Waals surface area contributed by atoms with E-state index in [1.54, 1.807) is 0 Å². The SMILES string of the molecule is CC(C)C(c1ccccc1)[C@@H]1[C@@H](C(=O)O)C1(C)C. The second-order valence-corrected chi connectivity index (χ2v) is 6.34. The number of aliphatic carboxylic acids is 1. The number of carboxylic acid groups (broad SMARTS) is 1. The minimum absolute atomic E-state index is 0.0867. The lowest BCUT2D eigenvalue weighted by Crippen LogP contribution is -2.13. The Morgan fingerprint density at radius 1 is 1.22 bits per heavy atom. The van der Waals surface area contributed by atoms with Gasteiger partial charge in [0.15, 0.2) is 0 Å². The van der Waals surface area contributed by atoms with Crippen molar-refractivity contribution >= 4 is 5.97 Å². The fraction of sp³-hybridized carbons (Fsp3) is 0.562. The molecule has 0 amide bonds. The van der Waals surface area contributed by atoms with Crippen molar-refractivity contribution in [2.24, 2.45) is 23.2 Å². The summed E-state index contributed by atoms with van der Waals surface area (Å²) in [6.45, 7) is 8.53. The van der Waals surface area contributed by atoms with Crippen molar-refractivity contribution < 1.29 is 9.90 Å². The molecule has 1 aliphatic rings. The van der Waals surface area contributed by atoms with Crippen LogP contribution in [0.2, 0.25) is 0 Å². The van der Waals surface area contributed by atoms with Gasteiger partial charge in [-0.3, -0.25) is 4.79 Å². The van der Waals surface area contributed by atoms with E-state index in [0.717, 1.165) is 0 Å². The summed E-state index contributed by atoms with van der Waals surface area (Å²) >= 11 is 0. The van der Waals surface area contributed by atoms with Gasteiger partial charge in [-0.15, -0.1) is 0 Å².